The Morgan fingerprint density at radius 2 is 2.20 bits per heavy atom. The second-order valence-electron chi connectivity index (χ2n) is 4.91. The third kappa shape index (κ3) is 2.15. The van der Waals surface area contributed by atoms with Crippen molar-refractivity contribution in [2.45, 2.75) is 25.7 Å². The third-order valence-electron chi connectivity index (χ3n) is 3.43. The lowest BCUT2D eigenvalue weighted by atomic mass is 10.1. The van der Waals surface area contributed by atoms with E-state index in [0.717, 1.165) is 24.2 Å². The number of para-hydroxylation sites is 2. The van der Waals surface area contributed by atoms with Crippen molar-refractivity contribution in [2.24, 2.45) is 0 Å². The van der Waals surface area contributed by atoms with Gasteiger partial charge in [0.1, 0.15) is 5.56 Å². The minimum Gasteiger partial charge on any atom is -0.462 e. The highest BCUT2D eigenvalue weighted by Gasteiger charge is 2.33. The minimum atomic E-state index is -0.310. The van der Waals surface area contributed by atoms with Crippen molar-refractivity contribution in [1.29, 1.82) is 0 Å². The maximum atomic E-state index is 12.0. The van der Waals surface area contributed by atoms with Crippen molar-refractivity contribution < 1.29 is 9.53 Å². The summed E-state index contributed by atoms with van der Waals surface area (Å²) in [5.41, 5.74) is 8.94. The monoisotopic (exact) mass is 271 g/mol. The van der Waals surface area contributed by atoms with Crippen LogP contribution < -0.4 is 5.73 Å². The van der Waals surface area contributed by atoms with Crippen molar-refractivity contribution in [2.75, 3.05) is 12.3 Å². The second-order valence-corrected chi connectivity index (χ2v) is 4.91. The van der Waals surface area contributed by atoms with Gasteiger partial charge in [-0.15, -0.1) is 0 Å². The number of nitrogens with two attached hydrogens (primary N) is 1. The molecule has 2 aromatic rings. The van der Waals surface area contributed by atoms with Crippen molar-refractivity contribution in [3.05, 3.63) is 41.7 Å². The number of esters is 1. The van der Waals surface area contributed by atoms with E-state index in [1.807, 2.05) is 24.3 Å². The summed E-state index contributed by atoms with van der Waals surface area (Å²) in [4.78, 5) is 12.0. The first kappa shape index (κ1) is 12.7. The van der Waals surface area contributed by atoms with Gasteiger partial charge in [0.05, 0.1) is 29.9 Å². The summed E-state index contributed by atoms with van der Waals surface area (Å²) < 4.78 is 6.88. The van der Waals surface area contributed by atoms with Crippen molar-refractivity contribution >= 4 is 11.7 Å². The molecule has 0 bridgehead atoms. The van der Waals surface area contributed by atoms with E-state index in [1.54, 1.807) is 17.8 Å². The van der Waals surface area contributed by atoms with Gasteiger partial charge in [-0.25, -0.2) is 9.48 Å². The Morgan fingerprint density at radius 1 is 1.45 bits per heavy atom. The van der Waals surface area contributed by atoms with Crippen molar-refractivity contribution in [1.82, 2.24) is 9.78 Å². The number of nitrogens with zero attached hydrogens (tertiary/aromatic N) is 2. The topological polar surface area (TPSA) is 70.1 Å². The lowest BCUT2D eigenvalue weighted by molar-refractivity contribution is 0.0525. The van der Waals surface area contributed by atoms with E-state index in [9.17, 15) is 4.79 Å². The smallest absolute Gasteiger partial charge is 0.341 e. The van der Waals surface area contributed by atoms with Gasteiger partial charge in [0.15, 0.2) is 0 Å². The zero-order valence-electron chi connectivity index (χ0n) is 11.4. The van der Waals surface area contributed by atoms with Gasteiger partial charge in [0, 0.05) is 5.92 Å². The summed E-state index contributed by atoms with van der Waals surface area (Å²) in [5, 5.41) is 4.35. The van der Waals surface area contributed by atoms with Crippen LogP contribution in [0.1, 0.15) is 41.7 Å². The van der Waals surface area contributed by atoms with E-state index in [2.05, 4.69) is 5.10 Å². The van der Waals surface area contributed by atoms with Crippen LogP contribution in [0, 0.1) is 0 Å². The van der Waals surface area contributed by atoms with Crippen LogP contribution in [0.3, 0.4) is 0 Å². The van der Waals surface area contributed by atoms with Crippen LogP contribution in [0.4, 0.5) is 5.69 Å². The van der Waals surface area contributed by atoms with Gasteiger partial charge in [0.25, 0.3) is 0 Å². The van der Waals surface area contributed by atoms with E-state index in [-0.39, 0.29) is 5.97 Å². The van der Waals surface area contributed by atoms with Gasteiger partial charge < -0.3 is 10.5 Å². The highest BCUT2D eigenvalue weighted by atomic mass is 16.5. The normalized spacial score (nSPS) is 14.2. The fourth-order valence-electron chi connectivity index (χ4n) is 2.35. The Hall–Kier alpha value is -2.30. The lowest BCUT2D eigenvalue weighted by Gasteiger charge is -2.10. The number of nitrogen functional groups attached to an aromatic ring is 1. The van der Waals surface area contributed by atoms with Gasteiger partial charge in [-0.2, -0.15) is 5.10 Å². The first-order valence-corrected chi connectivity index (χ1v) is 6.82. The van der Waals surface area contributed by atoms with Crippen LogP contribution in [0.15, 0.2) is 30.5 Å². The number of ether oxygens (including phenoxy) is 1. The standard InChI is InChI=1S/C15H17N3O2/c1-2-20-15(19)11-9-17-18(14(11)10-7-8-10)13-6-4-3-5-12(13)16/h3-6,9-10H,2,7-8,16H2,1H3. The molecule has 1 aromatic carbocycles. The Bertz CT molecular complexity index is 644. The largest absolute Gasteiger partial charge is 0.462 e. The Balaban J connectivity index is 2.08. The SMILES string of the molecule is CCOC(=O)c1cnn(-c2ccccc2N)c1C1CC1. The zero-order valence-corrected chi connectivity index (χ0v) is 11.4. The van der Waals surface area contributed by atoms with Gasteiger partial charge in [-0.3, -0.25) is 0 Å². The molecule has 2 N–H and O–H groups in total. The number of carbonyl (C=O) groups excluding carboxylic acids is 1. The molecule has 1 aromatic heterocycles. The lowest BCUT2D eigenvalue weighted by Crippen LogP contribution is -2.10. The van der Waals surface area contributed by atoms with Crippen LogP contribution >= 0.6 is 0 Å². The molecule has 0 radical (unpaired) electrons. The molecule has 0 amide bonds. The van der Waals surface area contributed by atoms with E-state index < -0.39 is 0 Å². The highest BCUT2D eigenvalue weighted by Crippen LogP contribution is 2.43. The molecule has 5 heteroatoms. The summed E-state index contributed by atoms with van der Waals surface area (Å²) in [6.45, 7) is 2.16. The molecule has 104 valence electrons. The van der Waals surface area contributed by atoms with Crippen LogP contribution in [-0.2, 0) is 4.74 Å². The number of hydrogen-bond acceptors (Lipinski definition) is 4. The summed E-state index contributed by atoms with van der Waals surface area (Å²) in [6, 6.07) is 7.53. The number of hydrogen-bond donors (Lipinski definition) is 1. The first-order chi connectivity index (χ1) is 9.72. The predicted octanol–water partition coefficient (Wildman–Crippen LogP) is 2.51. The maximum absolute atomic E-state index is 12.0. The summed E-state index contributed by atoms with van der Waals surface area (Å²) in [7, 11) is 0. The maximum Gasteiger partial charge on any atom is 0.341 e. The fraction of sp³-hybridized carbons (Fsp3) is 0.333. The number of benzene rings is 1. The molecule has 1 aliphatic rings. The molecule has 20 heavy (non-hydrogen) atoms. The molecule has 1 fully saturated rings. The average molecular weight is 271 g/mol. The zero-order chi connectivity index (χ0) is 14.1. The molecule has 0 unspecified atom stereocenters. The number of aromatic nitrogens is 2. The number of carbonyl (C=O) groups is 1. The quantitative estimate of drug-likeness (QED) is 0.685. The molecule has 5 nitrogen and oxygen atoms in total. The first-order valence-electron chi connectivity index (χ1n) is 6.82. The molecular weight excluding hydrogens is 254 g/mol. The van der Waals surface area contributed by atoms with Crippen LogP contribution in [0.2, 0.25) is 0 Å². The van der Waals surface area contributed by atoms with Gasteiger partial charge >= 0.3 is 5.97 Å². The van der Waals surface area contributed by atoms with E-state index >= 15 is 0 Å². The summed E-state index contributed by atoms with van der Waals surface area (Å²) >= 11 is 0. The Labute approximate surface area is 117 Å². The Morgan fingerprint density at radius 3 is 2.85 bits per heavy atom. The molecule has 1 aliphatic carbocycles. The van der Waals surface area contributed by atoms with Gasteiger partial charge in [-0.05, 0) is 31.9 Å². The second kappa shape index (κ2) is 5.00. The molecule has 3 rings (SSSR count). The third-order valence-corrected chi connectivity index (χ3v) is 3.43. The van der Waals surface area contributed by atoms with Crippen LogP contribution in [0.5, 0.6) is 0 Å². The molecular formula is C15H17N3O2. The van der Waals surface area contributed by atoms with Gasteiger partial charge in [-0.1, -0.05) is 12.1 Å². The van der Waals surface area contributed by atoms with Gasteiger partial charge in [0.2, 0.25) is 0 Å². The summed E-state index contributed by atoms with van der Waals surface area (Å²) in [5.74, 6) is 0.0617. The van der Waals surface area contributed by atoms with Crippen LogP contribution in [0.25, 0.3) is 5.69 Å². The van der Waals surface area contributed by atoms with E-state index in [4.69, 9.17) is 10.5 Å². The molecule has 0 spiro atoms. The van der Waals surface area contributed by atoms with E-state index in [1.165, 1.54) is 0 Å². The molecule has 0 saturated heterocycles. The Kier molecular flexibility index (Phi) is 3.18. The number of anilines is 1. The minimum absolute atomic E-state index is 0.310. The molecule has 1 heterocycles. The molecule has 0 aliphatic heterocycles. The predicted molar refractivity (Wildman–Crippen MR) is 75.9 cm³/mol. The number of rotatable bonds is 4. The average Bonchev–Trinajstić information content (AvgIpc) is 3.18. The fourth-order valence-corrected chi connectivity index (χ4v) is 2.35. The van der Waals surface area contributed by atoms with Crippen LogP contribution in [-0.4, -0.2) is 22.4 Å². The van der Waals surface area contributed by atoms with E-state index in [0.29, 0.717) is 23.8 Å². The van der Waals surface area contributed by atoms with Crippen molar-refractivity contribution in [3.8, 4) is 5.69 Å². The molecule has 1 saturated carbocycles. The van der Waals surface area contributed by atoms with Crippen molar-refractivity contribution in [3.63, 3.8) is 0 Å². The molecule has 0 atom stereocenters. The highest BCUT2D eigenvalue weighted by molar-refractivity contribution is 5.91. The summed E-state index contributed by atoms with van der Waals surface area (Å²) in [6.07, 6.45) is 3.73.